The van der Waals surface area contributed by atoms with Gasteiger partial charge < -0.3 is 9.80 Å². The van der Waals surface area contributed by atoms with E-state index < -0.39 is 0 Å². The Morgan fingerprint density at radius 1 is 1.43 bits per heavy atom. The lowest BCUT2D eigenvalue weighted by Gasteiger charge is -2.21. The Morgan fingerprint density at radius 3 is 3.00 bits per heavy atom. The third kappa shape index (κ3) is 3.04. The summed E-state index contributed by atoms with van der Waals surface area (Å²) in [5, 5.41) is 0. The molecule has 0 bridgehead atoms. The zero-order valence-corrected chi connectivity index (χ0v) is 12.3. The van der Waals surface area contributed by atoms with Gasteiger partial charge in [-0.2, -0.15) is 0 Å². The van der Waals surface area contributed by atoms with Crippen LogP contribution in [0.1, 0.15) is 36.7 Å². The number of aryl methyl sites for hydroxylation is 1. The van der Waals surface area contributed by atoms with Crippen molar-refractivity contribution < 1.29 is 9.59 Å². The molecule has 2 aliphatic rings. The molecule has 0 radical (unpaired) electrons. The molecule has 6 nitrogen and oxygen atoms in total. The highest BCUT2D eigenvalue weighted by molar-refractivity contribution is 5.86. The van der Waals surface area contributed by atoms with Gasteiger partial charge in [-0.25, -0.2) is 9.97 Å². The van der Waals surface area contributed by atoms with Crippen LogP contribution in [0.25, 0.3) is 0 Å². The van der Waals surface area contributed by atoms with E-state index in [1.165, 1.54) is 0 Å². The van der Waals surface area contributed by atoms with Crippen molar-refractivity contribution in [3.8, 4) is 0 Å². The highest BCUT2D eigenvalue weighted by Gasteiger charge is 2.31. The van der Waals surface area contributed by atoms with Gasteiger partial charge in [-0.1, -0.05) is 0 Å². The minimum atomic E-state index is 0.0420. The first-order valence-electron chi connectivity index (χ1n) is 7.48. The molecular formula is C15H20N4O2. The van der Waals surface area contributed by atoms with Crippen LogP contribution in [-0.4, -0.2) is 57.8 Å². The SMILES string of the molecule is Cc1ccnc(C2CCN(C(=O)CN3CCCC3=O)C2)n1. The summed E-state index contributed by atoms with van der Waals surface area (Å²) in [7, 11) is 0. The number of carbonyl (C=O) groups is 2. The fraction of sp³-hybridized carbons (Fsp3) is 0.600. The van der Waals surface area contributed by atoms with E-state index >= 15 is 0 Å². The summed E-state index contributed by atoms with van der Waals surface area (Å²) in [5.41, 5.74) is 0.951. The van der Waals surface area contributed by atoms with Crippen LogP contribution >= 0.6 is 0 Å². The first kappa shape index (κ1) is 14.0. The summed E-state index contributed by atoms with van der Waals surface area (Å²) >= 11 is 0. The molecule has 1 unspecified atom stereocenters. The molecule has 2 amide bonds. The Kier molecular flexibility index (Phi) is 3.86. The fourth-order valence-corrected chi connectivity index (χ4v) is 3.00. The zero-order valence-electron chi connectivity index (χ0n) is 12.3. The predicted molar refractivity (Wildman–Crippen MR) is 76.5 cm³/mol. The van der Waals surface area contributed by atoms with E-state index in [2.05, 4.69) is 9.97 Å². The van der Waals surface area contributed by atoms with Gasteiger partial charge in [0.05, 0.1) is 6.54 Å². The van der Waals surface area contributed by atoms with Gasteiger partial charge in [0.2, 0.25) is 11.8 Å². The molecule has 1 aromatic rings. The van der Waals surface area contributed by atoms with E-state index in [4.69, 9.17) is 0 Å². The summed E-state index contributed by atoms with van der Waals surface area (Å²) in [4.78, 5) is 36.1. The van der Waals surface area contributed by atoms with Gasteiger partial charge in [-0.3, -0.25) is 9.59 Å². The van der Waals surface area contributed by atoms with E-state index in [0.717, 1.165) is 30.9 Å². The fourth-order valence-electron chi connectivity index (χ4n) is 3.00. The number of hydrogen-bond acceptors (Lipinski definition) is 4. The van der Waals surface area contributed by atoms with Gasteiger partial charge in [0, 0.05) is 43.9 Å². The molecule has 2 saturated heterocycles. The van der Waals surface area contributed by atoms with Crippen molar-refractivity contribution in [3.63, 3.8) is 0 Å². The number of aromatic nitrogens is 2. The van der Waals surface area contributed by atoms with Crippen LogP contribution in [-0.2, 0) is 9.59 Å². The van der Waals surface area contributed by atoms with Crippen LogP contribution in [0.5, 0.6) is 0 Å². The van der Waals surface area contributed by atoms with E-state index in [1.807, 2.05) is 17.9 Å². The molecule has 0 aliphatic carbocycles. The van der Waals surface area contributed by atoms with Crippen molar-refractivity contribution in [2.45, 2.75) is 32.1 Å². The molecule has 1 aromatic heterocycles. The molecule has 21 heavy (non-hydrogen) atoms. The van der Waals surface area contributed by atoms with Crippen LogP contribution in [0.2, 0.25) is 0 Å². The van der Waals surface area contributed by atoms with Gasteiger partial charge >= 0.3 is 0 Å². The second kappa shape index (κ2) is 5.79. The molecule has 3 heterocycles. The Bertz CT molecular complexity index is 560. The summed E-state index contributed by atoms with van der Waals surface area (Å²) in [5.74, 6) is 1.17. The van der Waals surface area contributed by atoms with Gasteiger partial charge in [-0.15, -0.1) is 0 Å². The number of carbonyl (C=O) groups excluding carboxylic acids is 2. The normalized spacial score (nSPS) is 22.1. The van der Waals surface area contributed by atoms with Gasteiger partial charge in [0.15, 0.2) is 0 Å². The second-order valence-electron chi connectivity index (χ2n) is 5.80. The van der Waals surface area contributed by atoms with Gasteiger partial charge in [0.25, 0.3) is 0 Å². The maximum atomic E-state index is 12.3. The highest BCUT2D eigenvalue weighted by atomic mass is 16.2. The predicted octanol–water partition coefficient (Wildman–Crippen LogP) is 0.723. The average molecular weight is 288 g/mol. The van der Waals surface area contributed by atoms with Crippen LogP contribution in [0.4, 0.5) is 0 Å². The first-order chi connectivity index (χ1) is 10.1. The first-order valence-corrected chi connectivity index (χ1v) is 7.48. The number of hydrogen-bond donors (Lipinski definition) is 0. The Balaban J connectivity index is 1.59. The van der Waals surface area contributed by atoms with E-state index in [9.17, 15) is 9.59 Å². The number of likely N-dealkylation sites (tertiary alicyclic amines) is 2. The number of amides is 2. The topological polar surface area (TPSA) is 66.4 Å². The molecule has 0 N–H and O–H groups in total. The van der Waals surface area contributed by atoms with Crippen molar-refractivity contribution in [3.05, 3.63) is 23.8 Å². The maximum Gasteiger partial charge on any atom is 0.242 e. The third-order valence-corrected chi connectivity index (χ3v) is 4.22. The smallest absolute Gasteiger partial charge is 0.242 e. The monoisotopic (exact) mass is 288 g/mol. The molecule has 0 spiro atoms. The Morgan fingerprint density at radius 2 is 2.29 bits per heavy atom. The number of nitrogens with zero attached hydrogens (tertiary/aromatic N) is 4. The van der Waals surface area contributed by atoms with Crippen LogP contribution in [0.3, 0.4) is 0 Å². The molecule has 2 fully saturated rings. The lowest BCUT2D eigenvalue weighted by Crippen LogP contribution is -2.39. The molecule has 0 saturated carbocycles. The van der Waals surface area contributed by atoms with Crippen molar-refractivity contribution in [2.24, 2.45) is 0 Å². The van der Waals surface area contributed by atoms with Crippen molar-refractivity contribution in [1.29, 1.82) is 0 Å². The Hall–Kier alpha value is -1.98. The second-order valence-corrected chi connectivity index (χ2v) is 5.80. The van der Waals surface area contributed by atoms with Crippen LogP contribution in [0, 0.1) is 6.92 Å². The van der Waals surface area contributed by atoms with Crippen molar-refractivity contribution in [2.75, 3.05) is 26.2 Å². The summed E-state index contributed by atoms with van der Waals surface area (Å²) in [6.45, 7) is 4.26. The van der Waals surface area contributed by atoms with E-state index in [0.29, 0.717) is 19.5 Å². The maximum absolute atomic E-state index is 12.3. The van der Waals surface area contributed by atoms with Crippen molar-refractivity contribution >= 4 is 11.8 Å². The van der Waals surface area contributed by atoms with Crippen molar-refractivity contribution in [1.82, 2.24) is 19.8 Å². The van der Waals surface area contributed by atoms with E-state index in [1.54, 1.807) is 11.1 Å². The number of rotatable bonds is 3. The molecule has 0 aromatic carbocycles. The van der Waals surface area contributed by atoms with Crippen LogP contribution < -0.4 is 0 Å². The molecule has 1 atom stereocenters. The lowest BCUT2D eigenvalue weighted by atomic mass is 10.1. The summed E-state index contributed by atoms with van der Waals surface area (Å²) in [6, 6.07) is 1.88. The Labute approximate surface area is 124 Å². The van der Waals surface area contributed by atoms with E-state index in [-0.39, 0.29) is 24.3 Å². The largest absolute Gasteiger partial charge is 0.340 e. The van der Waals surface area contributed by atoms with Gasteiger partial charge in [-0.05, 0) is 25.8 Å². The van der Waals surface area contributed by atoms with Gasteiger partial charge in [0.1, 0.15) is 5.82 Å². The minimum absolute atomic E-state index is 0.0420. The lowest BCUT2D eigenvalue weighted by molar-refractivity contribution is -0.137. The molecule has 112 valence electrons. The standard InChI is InChI=1S/C15H20N4O2/c1-11-4-6-16-15(17-11)12-5-8-19(9-12)14(21)10-18-7-2-3-13(18)20/h4,6,12H,2-3,5,7-10H2,1H3. The van der Waals surface area contributed by atoms with Crippen LogP contribution in [0.15, 0.2) is 12.3 Å². The summed E-state index contributed by atoms with van der Waals surface area (Å²) < 4.78 is 0. The molecule has 2 aliphatic heterocycles. The molecule has 6 heteroatoms. The minimum Gasteiger partial charge on any atom is -0.340 e. The zero-order chi connectivity index (χ0) is 14.8. The average Bonchev–Trinajstić information content (AvgIpc) is 3.09. The molecular weight excluding hydrogens is 268 g/mol. The summed E-state index contributed by atoms with van der Waals surface area (Å²) in [6.07, 6.45) is 4.10. The highest BCUT2D eigenvalue weighted by Crippen LogP contribution is 2.25. The molecule has 3 rings (SSSR count). The third-order valence-electron chi connectivity index (χ3n) is 4.22. The quantitative estimate of drug-likeness (QED) is 0.822.